The van der Waals surface area contributed by atoms with Crippen molar-refractivity contribution in [1.29, 1.82) is 0 Å². The third kappa shape index (κ3) is 4.26. The van der Waals surface area contributed by atoms with E-state index in [4.69, 9.17) is 4.74 Å². The van der Waals surface area contributed by atoms with Crippen molar-refractivity contribution in [3.63, 3.8) is 0 Å². The summed E-state index contributed by atoms with van der Waals surface area (Å²) in [5, 5.41) is 10.4. The van der Waals surface area contributed by atoms with Crippen molar-refractivity contribution < 1.29 is 9.84 Å². The highest BCUT2D eigenvalue weighted by molar-refractivity contribution is 5.47. The number of nitrogens with zero attached hydrogens (tertiary/aromatic N) is 2. The van der Waals surface area contributed by atoms with Crippen LogP contribution in [0.4, 0.5) is 5.69 Å². The Kier molecular flexibility index (Phi) is 5.54. The van der Waals surface area contributed by atoms with Gasteiger partial charge in [-0.15, -0.1) is 0 Å². The van der Waals surface area contributed by atoms with Crippen LogP contribution in [0.15, 0.2) is 54.6 Å². The standard InChI is InChI=1S/C22H28N2O2/c25-21(15-23-12-10-18-6-4-5-7-19(18)14-23)17-26-22-11-13-24(16-22)20-8-2-1-3-9-20/h1-9,21-22,25H,10-17H2. The molecule has 1 N–H and O–H groups in total. The van der Waals surface area contributed by atoms with E-state index in [9.17, 15) is 5.11 Å². The predicted molar refractivity (Wildman–Crippen MR) is 104 cm³/mol. The van der Waals surface area contributed by atoms with E-state index in [1.165, 1.54) is 16.8 Å². The maximum Gasteiger partial charge on any atom is 0.0900 e. The largest absolute Gasteiger partial charge is 0.389 e. The summed E-state index contributed by atoms with van der Waals surface area (Å²) in [6.45, 7) is 4.98. The molecule has 26 heavy (non-hydrogen) atoms. The number of benzene rings is 2. The molecule has 4 rings (SSSR count). The lowest BCUT2D eigenvalue weighted by Crippen LogP contribution is -2.39. The molecule has 2 aromatic carbocycles. The second-order valence-corrected chi connectivity index (χ2v) is 7.43. The van der Waals surface area contributed by atoms with Crippen molar-refractivity contribution in [1.82, 2.24) is 4.90 Å². The molecule has 2 heterocycles. The summed E-state index contributed by atoms with van der Waals surface area (Å²) < 4.78 is 6.01. The van der Waals surface area contributed by atoms with Crippen LogP contribution in [0.25, 0.3) is 0 Å². The van der Waals surface area contributed by atoms with E-state index in [1.807, 2.05) is 6.07 Å². The van der Waals surface area contributed by atoms with Crippen LogP contribution in [0.2, 0.25) is 0 Å². The van der Waals surface area contributed by atoms with Crippen LogP contribution in [0.1, 0.15) is 17.5 Å². The van der Waals surface area contributed by atoms with Gasteiger partial charge in [0.05, 0.1) is 18.8 Å². The lowest BCUT2D eigenvalue weighted by molar-refractivity contribution is -0.0149. The number of β-amino-alcohol motifs (C(OH)–C–C–N with tert-alkyl or cyclic N) is 1. The number of ether oxygens (including phenoxy) is 1. The van der Waals surface area contributed by atoms with Gasteiger partial charge in [-0.25, -0.2) is 0 Å². The van der Waals surface area contributed by atoms with Crippen LogP contribution in [0.5, 0.6) is 0 Å². The molecule has 1 saturated heterocycles. The summed E-state index contributed by atoms with van der Waals surface area (Å²) in [5.74, 6) is 0. The Morgan fingerprint density at radius 1 is 1.00 bits per heavy atom. The van der Waals surface area contributed by atoms with Gasteiger partial charge >= 0.3 is 0 Å². The molecule has 2 aliphatic heterocycles. The van der Waals surface area contributed by atoms with Crippen molar-refractivity contribution in [3.05, 3.63) is 65.7 Å². The Bertz CT molecular complexity index is 706. The Hall–Kier alpha value is -1.88. The number of aliphatic hydroxyl groups excluding tert-OH is 1. The highest BCUT2D eigenvalue weighted by Crippen LogP contribution is 2.22. The molecule has 2 aromatic rings. The lowest BCUT2D eigenvalue weighted by atomic mass is 10.00. The molecule has 0 bridgehead atoms. The Labute approximate surface area is 156 Å². The van der Waals surface area contributed by atoms with Gasteiger partial charge < -0.3 is 14.7 Å². The first-order valence-electron chi connectivity index (χ1n) is 9.67. The van der Waals surface area contributed by atoms with Crippen molar-refractivity contribution in [2.75, 3.05) is 37.7 Å². The van der Waals surface area contributed by atoms with Gasteiger partial charge in [0.2, 0.25) is 0 Å². The molecule has 0 aromatic heterocycles. The van der Waals surface area contributed by atoms with Gasteiger partial charge in [-0.05, 0) is 36.1 Å². The third-order valence-electron chi connectivity index (χ3n) is 5.47. The van der Waals surface area contributed by atoms with Crippen LogP contribution < -0.4 is 4.90 Å². The first-order valence-corrected chi connectivity index (χ1v) is 9.67. The molecular weight excluding hydrogens is 324 g/mol. The molecule has 0 radical (unpaired) electrons. The van der Waals surface area contributed by atoms with Gasteiger partial charge in [0.15, 0.2) is 0 Å². The molecule has 4 nitrogen and oxygen atoms in total. The summed E-state index contributed by atoms with van der Waals surface area (Å²) >= 11 is 0. The van der Waals surface area contributed by atoms with Gasteiger partial charge in [0, 0.05) is 38.4 Å². The van der Waals surface area contributed by atoms with E-state index in [2.05, 4.69) is 58.3 Å². The van der Waals surface area contributed by atoms with E-state index >= 15 is 0 Å². The molecule has 2 unspecified atom stereocenters. The monoisotopic (exact) mass is 352 g/mol. The normalized spacial score (nSPS) is 21.6. The van der Waals surface area contributed by atoms with Crippen LogP contribution in [0, 0.1) is 0 Å². The fourth-order valence-corrected chi connectivity index (χ4v) is 4.05. The Balaban J connectivity index is 1.21. The van der Waals surface area contributed by atoms with Gasteiger partial charge in [-0.3, -0.25) is 4.90 Å². The van der Waals surface area contributed by atoms with Crippen molar-refractivity contribution in [2.24, 2.45) is 0 Å². The Morgan fingerprint density at radius 2 is 1.77 bits per heavy atom. The van der Waals surface area contributed by atoms with E-state index in [-0.39, 0.29) is 6.10 Å². The zero-order chi connectivity index (χ0) is 17.8. The summed E-state index contributed by atoms with van der Waals surface area (Å²) in [6.07, 6.45) is 1.88. The average molecular weight is 352 g/mol. The molecule has 0 amide bonds. The number of aliphatic hydroxyl groups is 1. The number of rotatable bonds is 6. The summed E-state index contributed by atoms with van der Waals surface area (Å²) in [4.78, 5) is 4.69. The number of para-hydroxylation sites is 1. The van der Waals surface area contributed by atoms with Crippen molar-refractivity contribution in [2.45, 2.75) is 31.6 Å². The highest BCUT2D eigenvalue weighted by atomic mass is 16.5. The maximum atomic E-state index is 10.4. The quantitative estimate of drug-likeness (QED) is 0.867. The second-order valence-electron chi connectivity index (χ2n) is 7.43. The molecule has 0 aliphatic carbocycles. The summed E-state index contributed by atoms with van der Waals surface area (Å²) in [6, 6.07) is 19.1. The summed E-state index contributed by atoms with van der Waals surface area (Å²) in [7, 11) is 0. The van der Waals surface area contributed by atoms with Gasteiger partial charge in [0.25, 0.3) is 0 Å². The minimum absolute atomic E-state index is 0.215. The molecular formula is C22H28N2O2. The highest BCUT2D eigenvalue weighted by Gasteiger charge is 2.25. The molecule has 0 spiro atoms. The molecule has 0 saturated carbocycles. The number of hydrogen-bond donors (Lipinski definition) is 1. The maximum absolute atomic E-state index is 10.4. The van der Waals surface area contributed by atoms with E-state index < -0.39 is 6.10 Å². The molecule has 2 aliphatic rings. The molecule has 2 atom stereocenters. The smallest absolute Gasteiger partial charge is 0.0900 e. The van der Waals surface area contributed by atoms with Crippen LogP contribution in [0.3, 0.4) is 0 Å². The van der Waals surface area contributed by atoms with Crippen LogP contribution in [-0.4, -0.2) is 55.0 Å². The van der Waals surface area contributed by atoms with Crippen LogP contribution >= 0.6 is 0 Å². The molecule has 138 valence electrons. The Morgan fingerprint density at radius 3 is 2.62 bits per heavy atom. The van der Waals surface area contributed by atoms with E-state index in [0.29, 0.717) is 13.2 Å². The fourth-order valence-electron chi connectivity index (χ4n) is 4.05. The zero-order valence-electron chi connectivity index (χ0n) is 15.3. The molecule has 4 heteroatoms. The predicted octanol–water partition coefficient (Wildman–Crippen LogP) is 2.70. The number of hydrogen-bond acceptors (Lipinski definition) is 4. The van der Waals surface area contributed by atoms with Crippen molar-refractivity contribution >= 4 is 5.69 Å². The third-order valence-corrected chi connectivity index (χ3v) is 5.47. The first kappa shape index (κ1) is 17.5. The average Bonchev–Trinajstić information content (AvgIpc) is 3.16. The minimum atomic E-state index is -0.425. The second kappa shape index (κ2) is 8.21. The zero-order valence-corrected chi connectivity index (χ0v) is 15.3. The minimum Gasteiger partial charge on any atom is -0.389 e. The van der Waals surface area contributed by atoms with E-state index in [1.54, 1.807) is 0 Å². The van der Waals surface area contributed by atoms with Crippen LogP contribution in [-0.2, 0) is 17.7 Å². The molecule has 1 fully saturated rings. The first-order chi connectivity index (χ1) is 12.8. The van der Waals surface area contributed by atoms with Crippen molar-refractivity contribution in [3.8, 4) is 0 Å². The number of fused-ring (bicyclic) bond motifs is 1. The SMILES string of the molecule is OC(COC1CCN(c2ccccc2)C1)CN1CCc2ccccc2C1. The topological polar surface area (TPSA) is 35.9 Å². The van der Waals surface area contributed by atoms with E-state index in [0.717, 1.165) is 39.0 Å². The van der Waals surface area contributed by atoms with Gasteiger partial charge in [0.1, 0.15) is 0 Å². The number of anilines is 1. The van der Waals surface area contributed by atoms with Gasteiger partial charge in [-0.1, -0.05) is 42.5 Å². The lowest BCUT2D eigenvalue weighted by Gasteiger charge is -2.30. The summed E-state index contributed by atoms with van der Waals surface area (Å²) in [5.41, 5.74) is 4.09. The fraction of sp³-hybridized carbons (Fsp3) is 0.455. The van der Waals surface area contributed by atoms with Gasteiger partial charge in [-0.2, -0.15) is 0 Å².